The van der Waals surface area contributed by atoms with Crippen molar-refractivity contribution in [3.05, 3.63) is 18.2 Å². The van der Waals surface area contributed by atoms with Crippen LogP contribution < -0.4 is 0 Å². The molecule has 4 heteroatoms. The number of nitrogens with one attached hydrogen (secondary N) is 1. The van der Waals surface area contributed by atoms with Gasteiger partial charge < -0.3 is 0 Å². The standard InChI is InChI=1S/C15H24N4/c1-3-5-6-7-8-9-12(4-2)14-13-10-16-11-17-15(13)19-18-14/h10-12H,3-9H2,1-2H3,(H,16,17,18,19). The molecule has 0 saturated carbocycles. The molecule has 2 aromatic heterocycles. The van der Waals surface area contributed by atoms with Gasteiger partial charge in [0.05, 0.1) is 5.39 Å². The Balaban J connectivity index is 1.97. The number of rotatable bonds is 8. The molecule has 1 atom stereocenters. The van der Waals surface area contributed by atoms with Crippen LogP contribution in [0.2, 0.25) is 0 Å². The molecular weight excluding hydrogens is 236 g/mol. The summed E-state index contributed by atoms with van der Waals surface area (Å²) in [5, 5.41) is 8.52. The number of aromatic nitrogens is 4. The van der Waals surface area contributed by atoms with Gasteiger partial charge in [0.25, 0.3) is 0 Å². The van der Waals surface area contributed by atoms with Crippen molar-refractivity contribution in [3.8, 4) is 0 Å². The lowest BCUT2D eigenvalue weighted by molar-refractivity contribution is 0.528. The smallest absolute Gasteiger partial charge is 0.184 e. The second-order valence-electron chi connectivity index (χ2n) is 5.21. The van der Waals surface area contributed by atoms with Crippen LogP contribution in [0.15, 0.2) is 12.5 Å². The molecule has 19 heavy (non-hydrogen) atoms. The van der Waals surface area contributed by atoms with Gasteiger partial charge in [-0.05, 0) is 12.8 Å². The molecule has 4 nitrogen and oxygen atoms in total. The third kappa shape index (κ3) is 3.52. The molecule has 0 aliphatic carbocycles. The summed E-state index contributed by atoms with van der Waals surface area (Å²) in [6, 6.07) is 0. The van der Waals surface area contributed by atoms with E-state index in [0.29, 0.717) is 5.92 Å². The predicted molar refractivity (Wildman–Crippen MR) is 78.1 cm³/mol. The average molecular weight is 260 g/mol. The van der Waals surface area contributed by atoms with Crippen molar-refractivity contribution in [2.24, 2.45) is 0 Å². The van der Waals surface area contributed by atoms with E-state index < -0.39 is 0 Å². The van der Waals surface area contributed by atoms with Crippen LogP contribution in [0.5, 0.6) is 0 Å². The Hall–Kier alpha value is -1.45. The van der Waals surface area contributed by atoms with Gasteiger partial charge in [-0.3, -0.25) is 5.10 Å². The molecule has 2 aromatic rings. The normalized spacial score (nSPS) is 12.9. The molecule has 0 spiro atoms. The van der Waals surface area contributed by atoms with Gasteiger partial charge in [-0.1, -0.05) is 46.0 Å². The molecule has 1 N–H and O–H groups in total. The second kappa shape index (κ2) is 7.22. The van der Waals surface area contributed by atoms with E-state index in [2.05, 4.69) is 34.0 Å². The monoisotopic (exact) mass is 260 g/mol. The van der Waals surface area contributed by atoms with Crippen LogP contribution >= 0.6 is 0 Å². The Kier molecular flexibility index (Phi) is 5.31. The first-order valence-electron chi connectivity index (χ1n) is 7.50. The molecule has 0 saturated heterocycles. The molecule has 0 radical (unpaired) electrons. The minimum atomic E-state index is 0.553. The van der Waals surface area contributed by atoms with Crippen molar-refractivity contribution < 1.29 is 0 Å². The quantitative estimate of drug-likeness (QED) is 0.723. The van der Waals surface area contributed by atoms with Crippen LogP contribution in [0.3, 0.4) is 0 Å². The number of nitrogens with zero attached hydrogens (tertiary/aromatic N) is 3. The Morgan fingerprint density at radius 1 is 1.16 bits per heavy atom. The number of hydrogen-bond acceptors (Lipinski definition) is 3. The maximum absolute atomic E-state index is 4.27. The Morgan fingerprint density at radius 2 is 2.00 bits per heavy atom. The SMILES string of the molecule is CCCCCCCC(CC)c1[nH]nc2ncncc12. The van der Waals surface area contributed by atoms with Gasteiger partial charge >= 0.3 is 0 Å². The highest BCUT2D eigenvalue weighted by Crippen LogP contribution is 2.28. The maximum atomic E-state index is 4.27. The fourth-order valence-corrected chi connectivity index (χ4v) is 2.63. The van der Waals surface area contributed by atoms with E-state index in [1.54, 1.807) is 6.33 Å². The summed E-state index contributed by atoms with van der Waals surface area (Å²) in [5.41, 5.74) is 2.00. The van der Waals surface area contributed by atoms with Crippen LogP contribution in [0.25, 0.3) is 11.0 Å². The van der Waals surface area contributed by atoms with Gasteiger partial charge in [-0.25, -0.2) is 9.97 Å². The van der Waals surface area contributed by atoms with E-state index in [4.69, 9.17) is 0 Å². The lowest BCUT2D eigenvalue weighted by Crippen LogP contribution is -1.99. The minimum absolute atomic E-state index is 0.553. The van der Waals surface area contributed by atoms with Crippen molar-refractivity contribution >= 4 is 11.0 Å². The van der Waals surface area contributed by atoms with E-state index >= 15 is 0 Å². The van der Waals surface area contributed by atoms with Crippen LogP contribution in [0.1, 0.15) is 70.4 Å². The summed E-state index contributed by atoms with van der Waals surface area (Å²) >= 11 is 0. The highest BCUT2D eigenvalue weighted by atomic mass is 15.2. The van der Waals surface area contributed by atoms with Gasteiger partial charge in [0, 0.05) is 17.8 Å². The molecule has 0 aliphatic rings. The van der Waals surface area contributed by atoms with Crippen molar-refractivity contribution in [2.75, 3.05) is 0 Å². The van der Waals surface area contributed by atoms with Gasteiger partial charge in [0.15, 0.2) is 5.65 Å². The van der Waals surface area contributed by atoms with E-state index in [-0.39, 0.29) is 0 Å². The highest BCUT2D eigenvalue weighted by molar-refractivity contribution is 5.76. The zero-order chi connectivity index (χ0) is 13.5. The molecule has 0 aliphatic heterocycles. The van der Waals surface area contributed by atoms with Gasteiger partial charge in [0.1, 0.15) is 6.33 Å². The molecular formula is C15H24N4. The van der Waals surface area contributed by atoms with E-state index in [0.717, 1.165) is 17.5 Å². The molecule has 2 rings (SSSR count). The second-order valence-corrected chi connectivity index (χ2v) is 5.21. The number of hydrogen-bond donors (Lipinski definition) is 1. The first-order valence-corrected chi connectivity index (χ1v) is 7.50. The van der Waals surface area contributed by atoms with Crippen molar-refractivity contribution in [3.63, 3.8) is 0 Å². The first kappa shape index (κ1) is 14.0. The molecule has 2 heterocycles. The lowest BCUT2D eigenvalue weighted by Gasteiger charge is -2.13. The molecule has 0 bridgehead atoms. The largest absolute Gasteiger partial charge is 0.279 e. The van der Waals surface area contributed by atoms with Crippen LogP contribution in [-0.2, 0) is 0 Å². The number of aromatic amines is 1. The third-order valence-electron chi connectivity index (χ3n) is 3.82. The van der Waals surface area contributed by atoms with Crippen molar-refractivity contribution in [1.29, 1.82) is 0 Å². The minimum Gasteiger partial charge on any atom is -0.279 e. The first-order chi connectivity index (χ1) is 9.36. The van der Waals surface area contributed by atoms with Crippen LogP contribution in [0.4, 0.5) is 0 Å². The maximum Gasteiger partial charge on any atom is 0.184 e. The summed E-state index contributed by atoms with van der Waals surface area (Å²) in [4.78, 5) is 8.30. The van der Waals surface area contributed by atoms with Gasteiger partial charge in [0.2, 0.25) is 0 Å². The van der Waals surface area contributed by atoms with Gasteiger partial charge in [-0.2, -0.15) is 5.10 Å². The van der Waals surface area contributed by atoms with Crippen molar-refractivity contribution in [1.82, 2.24) is 20.2 Å². The molecule has 0 amide bonds. The fraction of sp³-hybridized carbons (Fsp3) is 0.667. The molecule has 1 unspecified atom stereocenters. The van der Waals surface area contributed by atoms with E-state index in [1.807, 2.05) is 6.20 Å². The summed E-state index contributed by atoms with van der Waals surface area (Å²) in [7, 11) is 0. The number of unbranched alkanes of at least 4 members (excludes halogenated alkanes) is 4. The van der Waals surface area contributed by atoms with E-state index in [9.17, 15) is 0 Å². The van der Waals surface area contributed by atoms with Crippen molar-refractivity contribution in [2.45, 2.75) is 64.7 Å². The van der Waals surface area contributed by atoms with Gasteiger partial charge in [-0.15, -0.1) is 0 Å². The predicted octanol–water partition coefficient (Wildman–Crippen LogP) is 4.21. The lowest BCUT2D eigenvalue weighted by atomic mass is 9.93. The summed E-state index contributed by atoms with van der Waals surface area (Å²) in [6.07, 6.45) is 12.5. The fourth-order valence-electron chi connectivity index (χ4n) is 2.63. The van der Waals surface area contributed by atoms with Crippen LogP contribution in [0, 0.1) is 0 Å². The van der Waals surface area contributed by atoms with Crippen LogP contribution in [-0.4, -0.2) is 20.2 Å². The summed E-state index contributed by atoms with van der Waals surface area (Å²) in [6.45, 7) is 4.50. The highest BCUT2D eigenvalue weighted by Gasteiger charge is 2.15. The zero-order valence-corrected chi connectivity index (χ0v) is 12.0. The average Bonchev–Trinajstić information content (AvgIpc) is 2.87. The Labute approximate surface area is 115 Å². The van der Waals surface area contributed by atoms with E-state index in [1.165, 1.54) is 44.2 Å². The summed E-state index contributed by atoms with van der Waals surface area (Å²) in [5.74, 6) is 0.553. The third-order valence-corrected chi connectivity index (χ3v) is 3.82. The zero-order valence-electron chi connectivity index (χ0n) is 12.0. The molecule has 104 valence electrons. The Bertz CT molecular complexity index is 492. The number of fused-ring (bicyclic) bond motifs is 1. The molecule has 0 fully saturated rings. The Morgan fingerprint density at radius 3 is 2.79 bits per heavy atom. The number of H-pyrrole nitrogens is 1. The summed E-state index contributed by atoms with van der Waals surface area (Å²) < 4.78 is 0. The topological polar surface area (TPSA) is 54.5 Å². The molecule has 0 aromatic carbocycles.